The number of anilines is 2. The highest BCUT2D eigenvalue weighted by molar-refractivity contribution is 7.90. The number of benzene rings is 2. The molecule has 0 saturated carbocycles. The van der Waals surface area contributed by atoms with Gasteiger partial charge in [-0.25, -0.2) is 13.2 Å². The first-order valence-corrected chi connectivity index (χ1v) is 10.1. The van der Waals surface area contributed by atoms with E-state index in [1.807, 2.05) is 0 Å². The van der Waals surface area contributed by atoms with Crippen LogP contribution in [0.15, 0.2) is 53.4 Å². The van der Waals surface area contributed by atoms with Crippen LogP contribution in [0.25, 0.3) is 0 Å². The van der Waals surface area contributed by atoms with E-state index in [0.717, 1.165) is 6.26 Å². The van der Waals surface area contributed by atoms with Crippen LogP contribution in [0.2, 0.25) is 0 Å². The summed E-state index contributed by atoms with van der Waals surface area (Å²) in [6.07, 6.45) is -0.00719. The van der Waals surface area contributed by atoms with Gasteiger partial charge in [0.05, 0.1) is 10.5 Å². The second-order valence-electron chi connectivity index (χ2n) is 6.09. The summed E-state index contributed by atoms with van der Waals surface area (Å²) < 4.78 is 28.0. The zero-order valence-corrected chi connectivity index (χ0v) is 16.4. The van der Waals surface area contributed by atoms with Gasteiger partial charge in [0.2, 0.25) is 5.91 Å². The van der Waals surface area contributed by atoms with E-state index in [9.17, 15) is 22.8 Å². The lowest BCUT2D eigenvalue weighted by atomic mass is 10.2. The van der Waals surface area contributed by atoms with E-state index in [-0.39, 0.29) is 16.4 Å². The second kappa shape index (κ2) is 8.66. The molecule has 0 aliphatic rings. The van der Waals surface area contributed by atoms with Crippen LogP contribution in [0, 0.1) is 0 Å². The Morgan fingerprint density at radius 3 is 1.86 bits per heavy atom. The SMILES string of the molecule is CC(=O)Nc1ccc(NC(=O)[C@H](C)OC(=O)c2ccc(S(C)(=O)=O)cc2)cc1. The maximum atomic E-state index is 12.2. The second-order valence-corrected chi connectivity index (χ2v) is 8.11. The Labute approximate surface area is 162 Å². The minimum Gasteiger partial charge on any atom is -0.449 e. The number of ether oxygens (including phenoxy) is 1. The molecule has 0 bridgehead atoms. The smallest absolute Gasteiger partial charge is 0.338 e. The zero-order valence-electron chi connectivity index (χ0n) is 15.6. The number of nitrogens with one attached hydrogen (secondary N) is 2. The van der Waals surface area contributed by atoms with E-state index in [1.54, 1.807) is 24.3 Å². The first-order valence-electron chi connectivity index (χ1n) is 8.26. The van der Waals surface area contributed by atoms with E-state index < -0.39 is 27.8 Å². The molecule has 2 amide bonds. The fourth-order valence-electron chi connectivity index (χ4n) is 2.20. The molecule has 0 aromatic heterocycles. The molecule has 0 spiro atoms. The summed E-state index contributed by atoms with van der Waals surface area (Å²) in [4.78, 5) is 35.4. The number of hydrogen-bond acceptors (Lipinski definition) is 6. The number of carbonyl (C=O) groups excluding carboxylic acids is 3. The molecule has 8 nitrogen and oxygen atoms in total. The molecule has 2 rings (SSSR count). The summed E-state index contributed by atoms with van der Waals surface area (Å²) in [6.45, 7) is 2.81. The third-order valence-electron chi connectivity index (χ3n) is 3.64. The largest absolute Gasteiger partial charge is 0.449 e. The summed E-state index contributed by atoms with van der Waals surface area (Å²) in [7, 11) is -3.37. The fourth-order valence-corrected chi connectivity index (χ4v) is 2.83. The molecule has 148 valence electrons. The zero-order chi connectivity index (χ0) is 20.9. The van der Waals surface area contributed by atoms with Crippen LogP contribution in [0.4, 0.5) is 11.4 Å². The van der Waals surface area contributed by atoms with Crippen LogP contribution in [0.1, 0.15) is 24.2 Å². The molecule has 0 fully saturated rings. The summed E-state index contributed by atoms with van der Waals surface area (Å²) in [6, 6.07) is 11.7. The van der Waals surface area contributed by atoms with Crippen molar-refractivity contribution >= 4 is 39.0 Å². The van der Waals surface area contributed by atoms with Gasteiger partial charge in [-0.2, -0.15) is 0 Å². The number of amides is 2. The third-order valence-corrected chi connectivity index (χ3v) is 4.77. The fraction of sp³-hybridized carbons (Fsp3) is 0.211. The van der Waals surface area contributed by atoms with Gasteiger partial charge in [-0.15, -0.1) is 0 Å². The lowest BCUT2D eigenvalue weighted by Gasteiger charge is -2.14. The van der Waals surface area contributed by atoms with Crippen LogP contribution in [0.3, 0.4) is 0 Å². The predicted octanol–water partition coefficient (Wildman–Crippen LogP) is 2.23. The summed E-state index contributed by atoms with van der Waals surface area (Å²) in [5, 5.41) is 5.21. The average molecular weight is 404 g/mol. The molecular weight excluding hydrogens is 384 g/mol. The lowest BCUT2D eigenvalue weighted by Crippen LogP contribution is -2.30. The molecule has 2 aromatic rings. The molecule has 0 radical (unpaired) electrons. The van der Waals surface area contributed by atoms with Gasteiger partial charge >= 0.3 is 5.97 Å². The van der Waals surface area contributed by atoms with Crippen LogP contribution >= 0.6 is 0 Å². The molecule has 0 unspecified atom stereocenters. The first-order chi connectivity index (χ1) is 13.1. The van der Waals surface area contributed by atoms with Gasteiger partial charge in [0.1, 0.15) is 0 Å². The Bertz CT molecular complexity index is 982. The van der Waals surface area contributed by atoms with Gasteiger partial charge in [0.15, 0.2) is 15.9 Å². The van der Waals surface area contributed by atoms with Gasteiger partial charge in [0.25, 0.3) is 5.91 Å². The summed E-state index contributed by atoms with van der Waals surface area (Å²) >= 11 is 0. The van der Waals surface area contributed by atoms with E-state index in [2.05, 4.69) is 10.6 Å². The number of carbonyl (C=O) groups is 3. The summed E-state index contributed by atoms with van der Waals surface area (Å²) in [5.74, 6) is -1.49. The van der Waals surface area contributed by atoms with E-state index in [4.69, 9.17) is 4.74 Å². The topological polar surface area (TPSA) is 119 Å². The monoisotopic (exact) mass is 404 g/mol. The Hall–Kier alpha value is -3.20. The highest BCUT2D eigenvalue weighted by Gasteiger charge is 2.19. The predicted molar refractivity (Wildman–Crippen MR) is 104 cm³/mol. The maximum absolute atomic E-state index is 12.2. The van der Waals surface area contributed by atoms with Gasteiger partial charge in [-0.1, -0.05) is 0 Å². The number of hydrogen-bond donors (Lipinski definition) is 2. The van der Waals surface area contributed by atoms with Crippen molar-refractivity contribution in [3.8, 4) is 0 Å². The van der Waals surface area contributed by atoms with Crippen molar-refractivity contribution in [1.82, 2.24) is 0 Å². The van der Waals surface area contributed by atoms with Crippen LogP contribution in [0.5, 0.6) is 0 Å². The summed E-state index contributed by atoms with van der Waals surface area (Å²) in [5.41, 5.74) is 1.19. The molecule has 2 aromatic carbocycles. The minimum absolute atomic E-state index is 0.0811. The van der Waals surface area contributed by atoms with Crippen molar-refractivity contribution in [2.45, 2.75) is 24.8 Å². The Kier molecular flexibility index (Phi) is 6.53. The third kappa shape index (κ3) is 5.92. The molecule has 28 heavy (non-hydrogen) atoms. The van der Waals surface area contributed by atoms with E-state index in [1.165, 1.54) is 38.1 Å². The van der Waals surface area contributed by atoms with Crippen LogP contribution in [-0.2, 0) is 24.2 Å². The standard InChI is InChI=1S/C19H20N2O6S/c1-12(18(23)21-16-8-6-15(7-9-16)20-13(2)22)27-19(24)14-4-10-17(11-5-14)28(3,25)26/h4-12H,1-3H3,(H,20,22)(H,21,23)/t12-/m0/s1. The average Bonchev–Trinajstić information content (AvgIpc) is 2.62. The van der Waals surface area contributed by atoms with Gasteiger partial charge in [-0.05, 0) is 55.5 Å². The van der Waals surface area contributed by atoms with Gasteiger partial charge in [-0.3, -0.25) is 9.59 Å². The highest BCUT2D eigenvalue weighted by Crippen LogP contribution is 2.15. The molecule has 9 heteroatoms. The molecule has 0 saturated heterocycles. The molecule has 0 heterocycles. The molecule has 0 aliphatic carbocycles. The Morgan fingerprint density at radius 2 is 1.39 bits per heavy atom. The normalized spacial score (nSPS) is 12.0. The number of rotatable bonds is 6. The Balaban J connectivity index is 1.96. The highest BCUT2D eigenvalue weighted by atomic mass is 32.2. The van der Waals surface area contributed by atoms with Gasteiger partial charge in [0, 0.05) is 24.6 Å². The van der Waals surface area contributed by atoms with Crippen molar-refractivity contribution in [2.24, 2.45) is 0 Å². The Morgan fingerprint density at radius 1 is 0.893 bits per heavy atom. The van der Waals surface area contributed by atoms with Crippen molar-refractivity contribution < 1.29 is 27.5 Å². The number of sulfone groups is 1. The minimum atomic E-state index is -3.37. The van der Waals surface area contributed by atoms with Crippen molar-refractivity contribution in [3.63, 3.8) is 0 Å². The van der Waals surface area contributed by atoms with E-state index in [0.29, 0.717) is 11.4 Å². The van der Waals surface area contributed by atoms with Gasteiger partial charge < -0.3 is 15.4 Å². The van der Waals surface area contributed by atoms with Crippen molar-refractivity contribution in [1.29, 1.82) is 0 Å². The molecule has 2 N–H and O–H groups in total. The van der Waals surface area contributed by atoms with Crippen molar-refractivity contribution in [2.75, 3.05) is 16.9 Å². The van der Waals surface area contributed by atoms with Crippen LogP contribution < -0.4 is 10.6 Å². The maximum Gasteiger partial charge on any atom is 0.338 e. The van der Waals surface area contributed by atoms with Crippen LogP contribution in [-0.4, -0.2) is 38.6 Å². The van der Waals surface area contributed by atoms with Crippen molar-refractivity contribution in [3.05, 3.63) is 54.1 Å². The first kappa shape index (κ1) is 21.1. The molecular formula is C19H20N2O6S. The number of esters is 1. The molecule has 0 aliphatic heterocycles. The van der Waals surface area contributed by atoms with E-state index >= 15 is 0 Å². The lowest BCUT2D eigenvalue weighted by molar-refractivity contribution is -0.123. The molecule has 1 atom stereocenters. The quantitative estimate of drug-likeness (QED) is 0.713.